The number of amides is 1. The van der Waals surface area contributed by atoms with Crippen LogP contribution in [0.2, 0.25) is 0 Å². The van der Waals surface area contributed by atoms with Crippen LogP contribution in [0.15, 0.2) is 12.2 Å². The first-order valence-corrected chi connectivity index (χ1v) is 11.2. The Kier molecular flexibility index (Phi) is 18.6. The number of nitrogens with one attached hydrogen (secondary N) is 3. The van der Waals surface area contributed by atoms with Gasteiger partial charge in [-0.1, -0.05) is 26.8 Å². The second kappa shape index (κ2) is 17.9. The van der Waals surface area contributed by atoms with Gasteiger partial charge in [-0.15, -0.1) is 0 Å². The summed E-state index contributed by atoms with van der Waals surface area (Å²) in [6, 6.07) is 0.634. The summed E-state index contributed by atoms with van der Waals surface area (Å²) in [5.74, 6) is 0.827. The predicted molar refractivity (Wildman–Crippen MR) is 129 cm³/mol. The molecule has 0 aliphatic carbocycles. The van der Waals surface area contributed by atoms with Crippen molar-refractivity contribution in [2.45, 2.75) is 67.0 Å². The maximum absolute atomic E-state index is 11.6. The fourth-order valence-corrected chi connectivity index (χ4v) is 2.43. The molecule has 0 atom stereocenters. The van der Waals surface area contributed by atoms with Crippen LogP contribution in [0.25, 0.3) is 0 Å². The van der Waals surface area contributed by atoms with E-state index in [0.717, 1.165) is 51.7 Å². The zero-order valence-corrected chi connectivity index (χ0v) is 21.1. The van der Waals surface area contributed by atoms with Crippen LogP contribution >= 0.6 is 0 Å². The SMILES string of the molecule is CC(C)C.CC(C)N1CCN(C/C=C/C(=O)NC(C)(C)C)CC1.CNCCNC. The van der Waals surface area contributed by atoms with Gasteiger partial charge in [0, 0.05) is 63.5 Å². The Bertz CT molecular complexity index is 401. The van der Waals surface area contributed by atoms with Crippen molar-refractivity contribution in [3.63, 3.8) is 0 Å². The van der Waals surface area contributed by atoms with Crippen LogP contribution in [0.5, 0.6) is 0 Å². The molecule has 0 spiro atoms. The molecule has 0 aromatic rings. The summed E-state index contributed by atoms with van der Waals surface area (Å²) >= 11 is 0. The highest BCUT2D eigenvalue weighted by atomic mass is 16.1. The normalized spacial score (nSPS) is 15.7. The highest BCUT2D eigenvalue weighted by Crippen LogP contribution is 2.05. The first kappa shape index (κ1) is 30.2. The molecule has 0 radical (unpaired) electrons. The van der Waals surface area contributed by atoms with Crippen LogP contribution in [0.3, 0.4) is 0 Å². The molecule has 0 saturated carbocycles. The Balaban J connectivity index is 0. The third kappa shape index (κ3) is 23.2. The molecule has 1 rings (SSSR count). The molecule has 1 fully saturated rings. The van der Waals surface area contributed by atoms with E-state index in [9.17, 15) is 4.79 Å². The van der Waals surface area contributed by atoms with Crippen molar-refractivity contribution in [3.8, 4) is 0 Å². The van der Waals surface area contributed by atoms with Gasteiger partial charge in [0.15, 0.2) is 0 Å². The monoisotopic (exact) mass is 413 g/mol. The van der Waals surface area contributed by atoms with Crippen LogP contribution in [0.1, 0.15) is 55.4 Å². The Morgan fingerprint density at radius 2 is 1.38 bits per heavy atom. The standard InChI is InChI=1S/C15H29N3O.C4H12N2.C4H10/c1-13(2)18-11-9-17(10-12-18)8-6-7-14(19)16-15(3,4)5;1-5-3-4-6-2;1-4(2)3/h6-7,13H,8-12H2,1-5H3,(H,16,19);5-6H,3-4H2,1-2H3;4H,1-3H3/b7-6+;;. The highest BCUT2D eigenvalue weighted by molar-refractivity contribution is 5.87. The number of hydrogen-bond donors (Lipinski definition) is 3. The quantitative estimate of drug-likeness (QED) is 0.442. The molecule has 29 heavy (non-hydrogen) atoms. The summed E-state index contributed by atoms with van der Waals surface area (Å²) in [6.45, 7) is 24.3. The maximum Gasteiger partial charge on any atom is 0.244 e. The third-order valence-electron chi connectivity index (χ3n) is 3.89. The van der Waals surface area contributed by atoms with E-state index in [1.54, 1.807) is 6.08 Å². The Morgan fingerprint density at radius 3 is 1.72 bits per heavy atom. The van der Waals surface area contributed by atoms with Gasteiger partial charge in [0.25, 0.3) is 0 Å². The fraction of sp³-hybridized carbons (Fsp3) is 0.870. The van der Waals surface area contributed by atoms with E-state index in [4.69, 9.17) is 0 Å². The van der Waals surface area contributed by atoms with Gasteiger partial charge < -0.3 is 16.0 Å². The molecule has 0 aromatic heterocycles. The zero-order valence-electron chi connectivity index (χ0n) is 21.1. The molecule has 1 aliphatic heterocycles. The van der Waals surface area contributed by atoms with E-state index < -0.39 is 0 Å². The molecule has 1 saturated heterocycles. The summed E-state index contributed by atoms with van der Waals surface area (Å²) in [4.78, 5) is 16.5. The lowest BCUT2D eigenvalue weighted by Gasteiger charge is -2.36. The second-order valence-electron chi connectivity index (χ2n) is 9.51. The second-order valence-corrected chi connectivity index (χ2v) is 9.51. The average Bonchev–Trinajstić information content (AvgIpc) is 2.59. The minimum atomic E-state index is -0.162. The van der Waals surface area contributed by atoms with Crippen LogP contribution in [0, 0.1) is 5.92 Å². The van der Waals surface area contributed by atoms with Crippen LogP contribution in [-0.2, 0) is 4.79 Å². The summed E-state index contributed by atoms with van der Waals surface area (Å²) < 4.78 is 0. The van der Waals surface area contributed by atoms with E-state index in [2.05, 4.69) is 60.4 Å². The zero-order chi connectivity index (χ0) is 22.9. The van der Waals surface area contributed by atoms with E-state index in [0.29, 0.717) is 6.04 Å². The van der Waals surface area contributed by atoms with Crippen molar-refractivity contribution < 1.29 is 4.79 Å². The molecule has 174 valence electrons. The number of nitrogens with zero attached hydrogens (tertiary/aromatic N) is 2. The summed E-state index contributed by atoms with van der Waals surface area (Å²) in [5.41, 5.74) is -0.162. The molecule has 0 aromatic carbocycles. The van der Waals surface area contributed by atoms with Crippen molar-refractivity contribution in [3.05, 3.63) is 12.2 Å². The predicted octanol–water partition coefficient (Wildman–Crippen LogP) is 2.57. The molecule has 0 unspecified atom stereocenters. The Hall–Kier alpha value is -0.950. The smallest absolute Gasteiger partial charge is 0.244 e. The molecule has 6 heteroatoms. The molecule has 1 aliphatic rings. The number of rotatable bonds is 7. The number of hydrogen-bond acceptors (Lipinski definition) is 5. The van der Waals surface area contributed by atoms with Gasteiger partial charge in [-0.25, -0.2) is 0 Å². The van der Waals surface area contributed by atoms with E-state index >= 15 is 0 Å². The fourth-order valence-electron chi connectivity index (χ4n) is 2.43. The van der Waals surface area contributed by atoms with Crippen molar-refractivity contribution in [2.24, 2.45) is 5.92 Å². The minimum absolute atomic E-state index is 0.00619. The van der Waals surface area contributed by atoms with Crippen LogP contribution < -0.4 is 16.0 Å². The van der Waals surface area contributed by atoms with Crippen molar-refractivity contribution in [1.82, 2.24) is 25.8 Å². The molecular formula is C23H51N5O. The Labute approximate surface area is 181 Å². The van der Waals surface area contributed by atoms with Crippen molar-refractivity contribution >= 4 is 5.91 Å². The molecule has 3 N–H and O–H groups in total. The highest BCUT2D eigenvalue weighted by Gasteiger charge is 2.17. The summed E-state index contributed by atoms with van der Waals surface area (Å²) in [5, 5.41) is 8.94. The van der Waals surface area contributed by atoms with Gasteiger partial charge in [-0.3, -0.25) is 14.6 Å². The van der Waals surface area contributed by atoms with Crippen molar-refractivity contribution in [1.29, 1.82) is 0 Å². The van der Waals surface area contributed by atoms with E-state index in [1.165, 1.54) is 0 Å². The number of likely N-dealkylation sites (N-methyl/N-ethyl adjacent to an activating group) is 2. The van der Waals surface area contributed by atoms with Gasteiger partial charge in [0.2, 0.25) is 5.91 Å². The summed E-state index contributed by atoms with van der Waals surface area (Å²) in [7, 11) is 3.88. The van der Waals surface area contributed by atoms with Gasteiger partial charge in [-0.2, -0.15) is 0 Å². The van der Waals surface area contributed by atoms with E-state index in [-0.39, 0.29) is 11.4 Å². The number of carbonyl (C=O) groups excluding carboxylic acids is 1. The molecule has 1 heterocycles. The van der Waals surface area contributed by atoms with Gasteiger partial charge in [0.1, 0.15) is 0 Å². The third-order valence-corrected chi connectivity index (χ3v) is 3.89. The lowest BCUT2D eigenvalue weighted by atomic mass is 10.1. The molecule has 0 bridgehead atoms. The van der Waals surface area contributed by atoms with E-state index in [1.807, 2.05) is 40.9 Å². The van der Waals surface area contributed by atoms with Gasteiger partial charge in [0.05, 0.1) is 0 Å². The van der Waals surface area contributed by atoms with Crippen LogP contribution in [-0.4, -0.2) is 87.2 Å². The first-order chi connectivity index (χ1) is 13.4. The maximum atomic E-state index is 11.6. The molecular weight excluding hydrogens is 362 g/mol. The molecule has 1 amide bonds. The number of piperazine rings is 1. The lowest BCUT2D eigenvalue weighted by Crippen LogP contribution is -2.48. The topological polar surface area (TPSA) is 59.6 Å². The number of carbonyl (C=O) groups is 1. The molecule has 6 nitrogen and oxygen atoms in total. The van der Waals surface area contributed by atoms with Crippen LogP contribution in [0.4, 0.5) is 0 Å². The largest absolute Gasteiger partial charge is 0.348 e. The lowest BCUT2D eigenvalue weighted by molar-refractivity contribution is -0.117. The van der Waals surface area contributed by atoms with Crippen molar-refractivity contribution in [2.75, 3.05) is 59.9 Å². The average molecular weight is 414 g/mol. The summed E-state index contributed by atoms with van der Waals surface area (Å²) in [6.07, 6.45) is 3.62. The van der Waals surface area contributed by atoms with Gasteiger partial charge in [-0.05, 0) is 54.6 Å². The first-order valence-electron chi connectivity index (χ1n) is 11.2. The minimum Gasteiger partial charge on any atom is -0.348 e. The Morgan fingerprint density at radius 1 is 0.931 bits per heavy atom. The van der Waals surface area contributed by atoms with Gasteiger partial charge >= 0.3 is 0 Å².